The van der Waals surface area contributed by atoms with Crippen molar-refractivity contribution < 1.29 is 0 Å². The fourth-order valence-electron chi connectivity index (χ4n) is 2.35. The van der Waals surface area contributed by atoms with Crippen molar-refractivity contribution in [2.75, 3.05) is 0 Å². The van der Waals surface area contributed by atoms with Gasteiger partial charge in [-0.25, -0.2) is 4.98 Å². The number of rotatable bonds is 1. The largest absolute Gasteiger partial charge is 0.220 e. The van der Waals surface area contributed by atoms with Crippen LogP contribution in [0.2, 0.25) is 5.15 Å². The molecule has 0 aliphatic heterocycles. The Bertz CT molecular complexity index is 980. The highest BCUT2D eigenvalue weighted by molar-refractivity contribution is 9.10. The molecule has 0 N–H and O–H groups in total. The first kappa shape index (κ1) is 12.7. The zero-order chi connectivity index (χ0) is 14.4. The number of benzene rings is 2. The highest BCUT2D eigenvalue weighted by Crippen LogP contribution is 2.34. The van der Waals surface area contributed by atoms with Gasteiger partial charge in [0.25, 0.3) is 0 Å². The molecule has 4 nitrogen and oxygen atoms in total. The molecule has 102 valence electrons. The first-order valence-corrected chi connectivity index (χ1v) is 7.45. The molecular weight excluding hydrogens is 352 g/mol. The van der Waals surface area contributed by atoms with Crippen LogP contribution in [0.3, 0.4) is 0 Å². The van der Waals surface area contributed by atoms with Crippen LogP contribution in [-0.4, -0.2) is 19.8 Å². The van der Waals surface area contributed by atoms with Gasteiger partial charge in [-0.3, -0.25) is 0 Å². The SMILES string of the molecule is Clc1ncnn2nc(-c3ccc4ccccc4c3)c(Br)c12. The van der Waals surface area contributed by atoms with Crippen LogP contribution in [0.25, 0.3) is 27.5 Å². The summed E-state index contributed by atoms with van der Waals surface area (Å²) in [7, 11) is 0. The Morgan fingerprint density at radius 3 is 2.67 bits per heavy atom. The van der Waals surface area contributed by atoms with E-state index in [9.17, 15) is 0 Å². The second-order valence-electron chi connectivity index (χ2n) is 4.61. The number of nitrogens with zero attached hydrogens (tertiary/aromatic N) is 4. The summed E-state index contributed by atoms with van der Waals surface area (Å²) in [6.07, 6.45) is 1.39. The molecule has 4 rings (SSSR count). The summed E-state index contributed by atoms with van der Waals surface area (Å²) in [6, 6.07) is 14.4. The van der Waals surface area contributed by atoms with Crippen LogP contribution in [0.1, 0.15) is 0 Å². The van der Waals surface area contributed by atoms with E-state index in [0.717, 1.165) is 21.1 Å². The fraction of sp³-hybridized carbons (Fsp3) is 0. The summed E-state index contributed by atoms with van der Waals surface area (Å²) in [4.78, 5) is 3.99. The molecule has 6 heteroatoms. The maximum atomic E-state index is 6.12. The van der Waals surface area contributed by atoms with Gasteiger partial charge in [0.1, 0.15) is 17.5 Å². The predicted octanol–water partition coefficient (Wildman–Crippen LogP) is 4.36. The van der Waals surface area contributed by atoms with Crippen LogP contribution in [-0.2, 0) is 0 Å². The summed E-state index contributed by atoms with van der Waals surface area (Å²) < 4.78 is 2.28. The molecule has 2 aromatic carbocycles. The van der Waals surface area contributed by atoms with E-state index < -0.39 is 0 Å². The summed E-state index contributed by atoms with van der Waals surface area (Å²) in [6.45, 7) is 0. The van der Waals surface area contributed by atoms with Gasteiger partial charge in [0.15, 0.2) is 5.15 Å². The Balaban J connectivity index is 2.00. The quantitative estimate of drug-likeness (QED) is 0.507. The molecule has 0 saturated heterocycles. The first-order chi connectivity index (χ1) is 10.2. The average molecular weight is 360 g/mol. The van der Waals surface area contributed by atoms with Crippen LogP contribution in [0, 0.1) is 0 Å². The predicted molar refractivity (Wildman–Crippen MR) is 86.4 cm³/mol. The molecule has 0 fully saturated rings. The van der Waals surface area contributed by atoms with Gasteiger partial charge in [0.2, 0.25) is 0 Å². The van der Waals surface area contributed by atoms with Crippen LogP contribution >= 0.6 is 27.5 Å². The van der Waals surface area contributed by atoms with E-state index in [-0.39, 0.29) is 0 Å². The molecule has 0 saturated carbocycles. The summed E-state index contributed by atoms with van der Waals surface area (Å²) in [5.74, 6) is 0. The Labute approximate surface area is 133 Å². The van der Waals surface area contributed by atoms with Gasteiger partial charge in [-0.15, -0.1) is 14.8 Å². The van der Waals surface area contributed by atoms with Gasteiger partial charge in [0, 0.05) is 5.56 Å². The summed E-state index contributed by atoms with van der Waals surface area (Å²) in [5.41, 5.74) is 2.47. The van der Waals surface area contributed by atoms with Gasteiger partial charge in [-0.2, -0.15) is 0 Å². The van der Waals surface area contributed by atoms with E-state index in [1.807, 2.05) is 18.2 Å². The van der Waals surface area contributed by atoms with Crippen molar-refractivity contribution in [3.63, 3.8) is 0 Å². The first-order valence-electron chi connectivity index (χ1n) is 6.28. The van der Waals surface area contributed by atoms with Crippen LogP contribution in [0.5, 0.6) is 0 Å². The molecule has 0 spiro atoms. The van der Waals surface area contributed by atoms with E-state index in [2.05, 4.69) is 55.4 Å². The molecular formula is C15H8BrClN4. The van der Waals surface area contributed by atoms with Gasteiger partial charge < -0.3 is 0 Å². The van der Waals surface area contributed by atoms with Crippen molar-refractivity contribution in [3.05, 3.63) is 58.4 Å². The highest BCUT2D eigenvalue weighted by Gasteiger charge is 2.16. The minimum Gasteiger partial charge on any atom is -0.220 e. The normalized spacial score (nSPS) is 11.3. The lowest BCUT2D eigenvalue weighted by molar-refractivity contribution is 0.784. The standard InChI is InChI=1S/C15H8BrClN4/c16-12-13(20-21-14(12)15(17)18-8-19-21)11-6-5-9-3-1-2-4-10(9)7-11/h1-8H. The summed E-state index contributed by atoms with van der Waals surface area (Å²) >= 11 is 9.67. The molecule has 0 atom stereocenters. The average Bonchev–Trinajstić information content (AvgIpc) is 2.85. The number of fused-ring (bicyclic) bond motifs is 2. The second-order valence-corrected chi connectivity index (χ2v) is 5.76. The maximum Gasteiger partial charge on any atom is 0.159 e. The van der Waals surface area contributed by atoms with Crippen molar-refractivity contribution >= 4 is 43.8 Å². The smallest absolute Gasteiger partial charge is 0.159 e. The third-order valence-electron chi connectivity index (χ3n) is 3.36. The Morgan fingerprint density at radius 2 is 1.86 bits per heavy atom. The Hall–Kier alpha value is -1.98. The molecule has 0 bridgehead atoms. The minimum absolute atomic E-state index is 0.372. The monoisotopic (exact) mass is 358 g/mol. The Morgan fingerprint density at radius 1 is 1.05 bits per heavy atom. The zero-order valence-electron chi connectivity index (χ0n) is 10.7. The van der Waals surface area contributed by atoms with E-state index in [1.165, 1.54) is 16.3 Å². The second kappa shape index (κ2) is 4.79. The number of hydrogen-bond acceptors (Lipinski definition) is 3. The molecule has 0 unspecified atom stereocenters. The van der Waals surface area contributed by atoms with Crippen LogP contribution in [0.4, 0.5) is 0 Å². The third-order valence-corrected chi connectivity index (χ3v) is 4.39. The molecule has 0 aliphatic rings. The Kier molecular flexibility index (Phi) is 2.90. The number of halogens is 2. The molecule has 2 heterocycles. The van der Waals surface area contributed by atoms with Gasteiger partial charge >= 0.3 is 0 Å². The fourth-order valence-corrected chi connectivity index (χ4v) is 3.34. The topological polar surface area (TPSA) is 43.1 Å². The molecule has 0 aliphatic carbocycles. The van der Waals surface area contributed by atoms with Gasteiger partial charge in [-0.05, 0) is 32.8 Å². The van der Waals surface area contributed by atoms with Crippen molar-refractivity contribution in [1.29, 1.82) is 0 Å². The molecule has 0 radical (unpaired) electrons. The number of hydrogen-bond donors (Lipinski definition) is 0. The van der Waals surface area contributed by atoms with E-state index >= 15 is 0 Å². The zero-order valence-corrected chi connectivity index (χ0v) is 13.0. The lowest BCUT2D eigenvalue weighted by Crippen LogP contribution is -1.94. The van der Waals surface area contributed by atoms with Crippen molar-refractivity contribution in [1.82, 2.24) is 19.8 Å². The van der Waals surface area contributed by atoms with Crippen molar-refractivity contribution in [2.45, 2.75) is 0 Å². The number of aromatic nitrogens is 4. The molecule has 0 amide bonds. The maximum absolute atomic E-state index is 6.12. The van der Waals surface area contributed by atoms with Gasteiger partial charge in [0.05, 0.1) is 4.47 Å². The minimum atomic E-state index is 0.372. The van der Waals surface area contributed by atoms with E-state index in [1.54, 1.807) is 0 Å². The lowest BCUT2D eigenvalue weighted by Gasteiger charge is -2.01. The van der Waals surface area contributed by atoms with Crippen LogP contribution in [0.15, 0.2) is 53.3 Å². The molecule has 4 aromatic rings. The van der Waals surface area contributed by atoms with Crippen molar-refractivity contribution in [2.24, 2.45) is 0 Å². The highest BCUT2D eigenvalue weighted by atomic mass is 79.9. The van der Waals surface area contributed by atoms with E-state index in [0.29, 0.717) is 10.7 Å². The van der Waals surface area contributed by atoms with Crippen molar-refractivity contribution in [3.8, 4) is 11.3 Å². The van der Waals surface area contributed by atoms with Gasteiger partial charge in [-0.1, -0.05) is 48.0 Å². The third kappa shape index (κ3) is 2.01. The van der Waals surface area contributed by atoms with E-state index in [4.69, 9.17) is 11.6 Å². The molecule has 2 aromatic heterocycles. The summed E-state index contributed by atoms with van der Waals surface area (Å²) in [5, 5.41) is 11.3. The van der Waals surface area contributed by atoms with Crippen LogP contribution < -0.4 is 0 Å². The molecule has 21 heavy (non-hydrogen) atoms. The lowest BCUT2D eigenvalue weighted by atomic mass is 10.1.